The molecule has 14 rings (SSSR count). The third-order valence-electron chi connectivity index (χ3n) is 17.3. The van der Waals surface area contributed by atoms with Crippen molar-refractivity contribution in [2.75, 3.05) is 58.5 Å². The molecule has 0 amide bonds. The Bertz CT molecular complexity index is 4180. The molecule has 2 aliphatic carbocycles. The van der Waals surface area contributed by atoms with E-state index in [0.717, 1.165) is 118 Å². The lowest BCUT2D eigenvalue weighted by Gasteiger charge is -2.48. The van der Waals surface area contributed by atoms with E-state index < -0.39 is 15.4 Å². The van der Waals surface area contributed by atoms with Crippen LogP contribution in [-0.4, -0.2) is 103 Å². The number of nitrogens with one attached hydrogen (secondary N) is 1. The molecule has 82 heavy (non-hydrogen) atoms. The van der Waals surface area contributed by atoms with Crippen LogP contribution in [0.3, 0.4) is 0 Å². The number of nitrogen functional groups attached to an aromatic ring is 1. The third kappa shape index (κ3) is 9.28. The summed E-state index contributed by atoms with van der Waals surface area (Å²) in [5.74, 6) is 2.61. The van der Waals surface area contributed by atoms with Gasteiger partial charge in [-0.3, -0.25) is 9.13 Å². The monoisotopic (exact) mass is 1110 g/mol. The molecule has 17 nitrogen and oxygen atoms in total. The lowest BCUT2D eigenvalue weighted by Crippen LogP contribution is -2.59. The summed E-state index contributed by atoms with van der Waals surface area (Å²) in [6, 6.07) is 49.3. The number of nitrogens with zero attached hydrogens (tertiary/aromatic N) is 10. The second-order valence-electron chi connectivity index (χ2n) is 22.7. The van der Waals surface area contributed by atoms with Crippen LogP contribution < -0.4 is 32.3 Å². The zero-order valence-electron chi connectivity index (χ0n) is 45.9. The van der Waals surface area contributed by atoms with Crippen molar-refractivity contribution in [3.63, 3.8) is 0 Å². The molecule has 0 spiro atoms. The zero-order chi connectivity index (χ0) is 55.9. The summed E-state index contributed by atoms with van der Waals surface area (Å²) in [5, 5.41) is 3.81. The summed E-state index contributed by atoms with van der Waals surface area (Å²) >= 11 is 0. The molecule has 2 saturated carbocycles. The van der Waals surface area contributed by atoms with Gasteiger partial charge in [0, 0.05) is 84.0 Å². The first-order valence-electron chi connectivity index (χ1n) is 28.3. The van der Waals surface area contributed by atoms with Crippen LogP contribution in [-0.2, 0) is 25.7 Å². The molecule has 6 aromatic heterocycles. The minimum absolute atomic E-state index is 0.134. The Hall–Kier alpha value is -8.55. The molecule has 2 aliphatic heterocycles. The van der Waals surface area contributed by atoms with Crippen LogP contribution in [0.15, 0.2) is 158 Å². The van der Waals surface area contributed by atoms with E-state index in [1.165, 1.54) is 0 Å². The maximum absolute atomic E-state index is 12.3. The van der Waals surface area contributed by atoms with Crippen LogP contribution >= 0.6 is 0 Å². The van der Waals surface area contributed by atoms with Gasteiger partial charge in [-0.2, -0.15) is 0 Å². The van der Waals surface area contributed by atoms with Gasteiger partial charge in [0.15, 0.2) is 32.8 Å². The number of nitrogens with two attached hydrogens (primary N) is 3. The molecule has 18 heteroatoms. The zero-order valence-corrected chi connectivity index (χ0v) is 46.7. The predicted molar refractivity (Wildman–Crippen MR) is 325 cm³/mol. The molecule has 4 aromatic carbocycles. The van der Waals surface area contributed by atoms with Gasteiger partial charge in [0.1, 0.15) is 22.7 Å². The van der Waals surface area contributed by atoms with Crippen LogP contribution in [0, 0.1) is 0 Å². The molecular formula is C64H64N14O3S. The number of aromatic nitrogens is 8. The number of fused-ring (bicyclic) bond motifs is 2. The number of hydrogen-bond donors (Lipinski definition) is 4. The van der Waals surface area contributed by atoms with Gasteiger partial charge in [-0.15, -0.1) is 0 Å². The normalized spacial score (nSPS) is 21.3. The first-order valence-corrected chi connectivity index (χ1v) is 30.2. The quantitative estimate of drug-likeness (QED) is 0.0893. The second-order valence-corrected chi connectivity index (χ2v) is 25.0. The smallest absolute Gasteiger partial charge is 0.165 e. The Labute approximate surface area is 476 Å². The van der Waals surface area contributed by atoms with E-state index in [-0.39, 0.29) is 35.3 Å². The van der Waals surface area contributed by atoms with E-state index in [4.69, 9.17) is 46.9 Å². The van der Waals surface area contributed by atoms with Crippen molar-refractivity contribution in [3.8, 4) is 56.7 Å². The lowest BCUT2D eigenvalue weighted by molar-refractivity contribution is -0.00521. The van der Waals surface area contributed by atoms with Crippen molar-refractivity contribution in [2.45, 2.75) is 75.3 Å². The summed E-state index contributed by atoms with van der Waals surface area (Å²) in [6.45, 7) is 6.78. The Kier molecular flexibility index (Phi) is 12.7. The van der Waals surface area contributed by atoms with Crippen molar-refractivity contribution in [1.82, 2.24) is 39.0 Å². The van der Waals surface area contributed by atoms with E-state index in [0.29, 0.717) is 53.2 Å². The van der Waals surface area contributed by atoms with Crippen LogP contribution in [0.5, 0.6) is 0 Å². The van der Waals surface area contributed by atoms with E-state index in [1.807, 2.05) is 66.7 Å². The van der Waals surface area contributed by atoms with Gasteiger partial charge in [-0.25, -0.2) is 38.3 Å². The Balaban J connectivity index is 0.794. The molecule has 10 aromatic rings. The molecule has 414 valence electrons. The van der Waals surface area contributed by atoms with E-state index in [9.17, 15) is 8.42 Å². The first-order chi connectivity index (χ1) is 39.8. The maximum Gasteiger partial charge on any atom is 0.165 e. The third-order valence-corrected chi connectivity index (χ3v) is 18.9. The topological polar surface area (TPSA) is 227 Å². The second kappa shape index (κ2) is 20.2. The SMILES string of the molecule is C[C@@H]1CN(c2cccc(-c3ccc4nc(-c5cccnc5N)n(-c5ccc(C6(N)CCC6Nc6ncccc6-c6nc7ccc(-c8cccc(N9CCS(=O)(=O)CC9)c8)nc7n6-c6ccc(C7(N)CCC7)cc6)cc5)c4n3)c2)C[C@H](C)O1. The summed E-state index contributed by atoms with van der Waals surface area (Å²) < 4.78 is 34.8. The van der Waals surface area contributed by atoms with Crippen LogP contribution in [0.2, 0.25) is 0 Å². The predicted octanol–water partition coefficient (Wildman–Crippen LogP) is 9.81. The van der Waals surface area contributed by atoms with Crippen molar-refractivity contribution in [1.29, 1.82) is 0 Å². The average Bonchev–Trinajstić information content (AvgIpc) is 3.67. The fourth-order valence-corrected chi connectivity index (χ4v) is 13.7. The molecule has 4 aliphatic rings. The Morgan fingerprint density at radius 1 is 0.585 bits per heavy atom. The number of sulfone groups is 1. The number of anilines is 4. The molecule has 4 fully saturated rings. The summed E-state index contributed by atoms with van der Waals surface area (Å²) in [7, 11) is -3.03. The first kappa shape index (κ1) is 51.6. The van der Waals surface area contributed by atoms with Crippen molar-refractivity contribution >= 4 is 55.2 Å². The summed E-state index contributed by atoms with van der Waals surface area (Å²) in [4.78, 5) is 35.1. The van der Waals surface area contributed by atoms with Crippen molar-refractivity contribution in [2.24, 2.45) is 11.5 Å². The van der Waals surface area contributed by atoms with E-state index in [1.54, 1.807) is 12.4 Å². The maximum atomic E-state index is 12.3. The van der Waals surface area contributed by atoms with Gasteiger partial charge < -0.3 is 37.1 Å². The van der Waals surface area contributed by atoms with Crippen LogP contribution in [0.25, 0.3) is 79.0 Å². The van der Waals surface area contributed by atoms with E-state index in [2.05, 4.69) is 122 Å². The highest BCUT2D eigenvalue weighted by Crippen LogP contribution is 2.44. The van der Waals surface area contributed by atoms with Gasteiger partial charge in [0.25, 0.3) is 0 Å². The largest absolute Gasteiger partial charge is 0.383 e. The fraction of sp³-hybridized carbons (Fsp3) is 0.281. The van der Waals surface area contributed by atoms with Gasteiger partial charge >= 0.3 is 0 Å². The minimum Gasteiger partial charge on any atom is -0.383 e. The van der Waals surface area contributed by atoms with Crippen LogP contribution in [0.4, 0.5) is 23.0 Å². The standard InChI is InChI=1S/C64H64N14O3S/c1-40-38-76(39-41(2)81-40)49-11-4-9-43(37-49)53-22-24-54-61(70-53)77(59(72-54)50-12-5-30-68-57(50)65)47-20-16-45(17-21-47)64(67)29-26-56(64)74-58-51(13-6-31-69-58)60-73-55-25-23-52(42-8-3-10-48(36-42)75-32-34-82(79,80)35-33-75)71-62(55)78(60)46-18-14-44(15-19-46)63(66)27-7-28-63/h3-6,8-25,30-31,36-37,40-41,56H,7,26-29,32-35,38-39,66-67H2,1-2H3,(H2,65,68)(H,69,74)/t40-,41+,56?,64?. The number of rotatable bonds is 12. The summed E-state index contributed by atoms with van der Waals surface area (Å²) in [5.41, 5.74) is 33.6. The van der Waals surface area contributed by atoms with Gasteiger partial charge in [-0.05, 0) is 154 Å². The highest BCUT2D eigenvalue weighted by Gasteiger charge is 2.46. The molecule has 8 heterocycles. The van der Waals surface area contributed by atoms with Gasteiger partial charge in [0.05, 0.1) is 51.8 Å². The van der Waals surface area contributed by atoms with Gasteiger partial charge in [-0.1, -0.05) is 48.5 Å². The molecule has 0 radical (unpaired) electrons. The summed E-state index contributed by atoms with van der Waals surface area (Å²) in [6.07, 6.45) is 8.34. The van der Waals surface area contributed by atoms with Crippen LogP contribution in [0.1, 0.15) is 57.1 Å². The Morgan fingerprint density at radius 2 is 1.13 bits per heavy atom. The molecule has 7 N–H and O–H groups in total. The highest BCUT2D eigenvalue weighted by molar-refractivity contribution is 7.91. The molecule has 4 atom stereocenters. The molecule has 2 saturated heterocycles. The highest BCUT2D eigenvalue weighted by atomic mass is 32.2. The number of benzene rings is 4. The molecule has 2 unspecified atom stereocenters. The number of morpholine rings is 1. The lowest BCUT2D eigenvalue weighted by atomic mass is 9.68. The number of ether oxygens (including phenoxy) is 1. The average molecular weight is 1110 g/mol. The molecule has 0 bridgehead atoms. The molecular weight excluding hydrogens is 1040 g/mol. The van der Waals surface area contributed by atoms with Crippen molar-refractivity contribution < 1.29 is 13.2 Å². The van der Waals surface area contributed by atoms with Gasteiger partial charge in [0.2, 0.25) is 0 Å². The van der Waals surface area contributed by atoms with E-state index >= 15 is 0 Å². The minimum atomic E-state index is -3.03. The Morgan fingerprint density at radius 3 is 1.68 bits per heavy atom. The fourth-order valence-electron chi connectivity index (χ4n) is 12.5. The number of pyridine rings is 4. The van der Waals surface area contributed by atoms with Crippen molar-refractivity contribution in [3.05, 3.63) is 169 Å². The number of imidazole rings is 2. The number of hydrogen-bond acceptors (Lipinski definition) is 15.